The first-order chi connectivity index (χ1) is 7.56. The lowest BCUT2D eigenvalue weighted by Gasteiger charge is -2.12. The summed E-state index contributed by atoms with van der Waals surface area (Å²) in [5, 5.41) is 0. The van der Waals surface area contributed by atoms with Gasteiger partial charge in [0.05, 0.1) is 0 Å². The average Bonchev–Trinajstić information content (AvgIpc) is 2.25. The van der Waals surface area contributed by atoms with Crippen molar-refractivity contribution >= 4 is 0 Å². The predicted molar refractivity (Wildman–Crippen MR) is 57.4 cm³/mol. The Kier molecular flexibility index (Phi) is 4.80. The second-order valence-corrected chi connectivity index (χ2v) is 3.90. The Morgan fingerprint density at radius 3 is 2.19 bits per heavy atom. The lowest BCUT2D eigenvalue weighted by atomic mass is 10.0. The fourth-order valence-electron chi connectivity index (χ4n) is 1.57. The van der Waals surface area contributed by atoms with Gasteiger partial charge in [-0.3, -0.25) is 0 Å². The SMILES string of the molecule is CCCCC[C@@H](N)c1cc(F)c(F)c(F)c1. The topological polar surface area (TPSA) is 26.0 Å². The number of halogens is 3. The molecule has 0 aromatic heterocycles. The van der Waals surface area contributed by atoms with Crippen molar-refractivity contribution in [2.75, 3.05) is 0 Å². The first-order valence-electron chi connectivity index (χ1n) is 5.46. The van der Waals surface area contributed by atoms with Crippen molar-refractivity contribution in [1.82, 2.24) is 0 Å². The van der Waals surface area contributed by atoms with Crippen molar-refractivity contribution in [3.05, 3.63) is 35.1 Å². The highest BCUT2D eigenvalue weighted by Crippen LogP contribution is 2.21. The van der Waals surface area contributed by atoms with E-state index in [0.29, 0.717) is 12.0 Å². The van der Waals surface area contributed by atoms with Crippen LogP contribution in [0.5, 0.6) is 0 Å². The minimum absolute atomic E-state index is 0.313. The van der Waals surface area contributed by atoms with Crippen molar-refractivity contribution in [2.45, 2.75) is 38.6 Å². The maximum Gasteiger partial charge on any atom is 0.194 e. The summed E-state index contributed by atoms with van der Waals surface area (Å²) in [5.41, 5.74) is 6.08. The Labute approximate surface area is 93.5 Å². The second-order valence-electron chi connectivity index (χ2n) is 3.90. The maximum atomic E-state index is 12.9. The molecule has 0 saturated carbocycles. The van der Waals surface area contributed by atoms with E-state index >= 15 is 0 Å². The van der Waals surface area contributed by atoms with Crippen molar-refractivity contribution in [1.29, 1.82) is 0 Å². The molecule has 4 heteroatoms. The van der Waals surface area contributed by atoms with Gasteiger partial charge in [0.15, 0.2) is 17.5 Å². The zero-order valence-corrected chi connectivity index (χ0v) is 9.27. The number of nitrogens with two attached hydrogens (primary N) is 1. The van der Waals surface area contributed by atoms with Crippen LogP contribution < -0.4 is 5.73 Å². The summed E-state index contributed by atoms with van der Waals surface area (Å²) in [5.74, 6) is -3.80. The Hall–Kier alpha value is -1.03. The van der Waals surface area contributed by atoms with Crippen LogP contribution in [0.4, 0.5) is 13.2 Å². The van der Waals surface area contributed by atoms with Gasteiger partial charge in [0, 0.05) is 6.04 Å². The number of benzene rings is 1. The van der Waals surface area contributed by atoms with Crippen LogP contribution in [-0.4, -0.2) is 0 Å². The van der Waals surface area contributed by atoms with E-state index in [1.165, 1.54) is 0 Å². The summed E-state index contributed by atoms with van der Waals surface area (Å²) < 4.78 is 38.5. The highest BCUT2D eigenvalue weighted by Gasteiger charge is 2.14. The van der Waals surface area contributed by atoms with Gasteiger partial charge < -0.3 is 5.73 Å². The quantitative estimate of drug-likeness (QED) is 0.607. The fourth-order valence-corrected chi connectivity index (χ4v) is 1.57. The van der Waals surface area contributed by atoms with Crippen LogP contribution in [0.15, 0.2) is 12.1 Å². The molecule has 0 aliphatic heterocycles. The molecular weight excluding hydrogens is 215 g/mol. The largest absolute Gasteiger partial charge is 0.324 e. The van der Waals surface area contributed by atoms with Gasteiger partial charge in [0.25, 0.3) is 0 Å². The zero-order valence-electron chi connectivity index (χ0n) is 9.27. The monoisotopic (exact) mass is 231 g/mol. The molecule has 0 radical (unpaired) electrons. The van der Waals surface area contributed by atoms with E-state index in [1.807, 2.05) is 0 Å². The lowest BCUT2D eigenvalue weighted by Crippen LogP contribution is -2.11. The van der Waals surface area contributed by atoms with E-state index < -0.39 is 23.5 Å². The standard InChI is InChI=1S/C12H16F3N/c1-2-3-4-5-11(16)8-6-9(13)12(15)10(14)7-8/h6-7,11H,2-5,16H2,1H3/t11-/m1/s1. The number of unbranched alkanes of at least 4 members (excludes halogenated alkanes) is 2. The maximum absolute atomic E-state index is 12.9. The molecule has 0 fully saturated rings. The van der Waals surface area contributed by atoms with E-state index in [2.05, 4.69) is 6.92 Å². The molecule has 0 aliphatic rings. The highest BCUT2D eigenvalue weighted by atomic mass is 19.2. The van der Waals surface area contributed by atoms with Crippen LogP contribution in [0.2, 0.25) is 0 Å². The molecule has 0 aliphatic carbocycles. The molecule has 1 aromatic carbocycles. The van der Waals surface area contributed by atoms with Crippen LogP contribution in [-0.2, 0) is 0 Å². The molecule has 16 heavy (non-hydrogen) atoms. The second kappa shape index (κ2) is 5.89. The van der Waals surface area contributed by atoms with Gasteiger partial charge in [0.1, 0.15) is 0 Å². The predicted octanol–water partition coefficient (Wildman–Crippen LogP) is 3.68. The number of hydrogen-bond acceptors (Lipinski definition) is 1. The van der Waals surface area contributed by atoms with E-state index in [1.54, 1.807) is 0 Å². The summed E-state index contributed by atoms with van der Waals surface area (Å²) in [6.45, 7) is 2.06. The molecule has 2 N–H and O–H groups in total. The first kappa shape index (κ1) is 13.0. The molecule has 1 aromatic rings. The van der Waals surface area contributed by atoms with Crippen molar-refractivity contribution < 1.29 is 13.2 Å². The molecule has 0 saturated heterocycles. The average molecular weight is 231 g/mol. The van der Waals surface area contributed by atoms with Crippen LogP contribution in [0.3, 0.4) is 0 Å². The fraction of sp³-hybridized carbons (Fsp3) is 0.500. The minimum Gasteiger partial charge on any atom is -0.324 e. The molecule has 0 heterocycles. The van der Waals surface area contributed by atoms with Gasteiger partial charge in [-0.25, -0.2) is 13.2 Å². The lowest BCUT2D eigenvalue weighted by molar-refractivity contribution is 0.442. The molecule has 0 bridgehead atoms. The smallest absolute Gasteiger partial charge is 0.194 e. The third kappa shape index (κ3) is 3.23. The third-order valence-corrected chi connectivity index (χ3v) is 2.55. The van der Waals surface area contributed by atoms with Crippen LogP contribution in [0, 0.1) is 17.5 Å². The van der Waals surface area contributed by atoms with E-state index in [4.69, 9.17) is 5.73 Å². The Morgan fingerprint density at radius 2 is 1.69 bits per heavy atom. The molecule has 1 rings (SSSR count). The summed E-state index contributed by atoms with van der Waals surface area (Å²) >= 11 is 0. The van der Waals surface area contributed by atoms with Gasteiger partial charge in [0.2, 0.25) is 0 Å². The van der Waals surface area contributed by atoms with Crippen molar-refractivity contribution in [2.24, 2.45) is 5.73 Å². The highest BCUT2D eigenvalue weighted by molar-refractivity contribution is 5.22. The van der Waals surface area contributed by atoms with E-state index in [9.17, 15) is 13.2 Å². The van der Waals surface area contributed by atoms with E-state index in [0.717, 1.165) is 31.4 Å². The Morgan fingerprint density at radius 1 is 1.12 bits per heavy atom. The van der Waals surface area contributed by atoms with Crippen molar-refractivity contribution in [3.8, 4) is 0 Å². The Balaban J connectivity index is 2.72. The van der Waals surface area contributed by atoms with Gasteiger partial charge >= 0.3 is 0 Å². The summed E-state index contributed by atoms with van der Waals surface area (Å²) in [6.07, 6.45) is 3.63. The molecule has 1 nitrogen and oxygen atoms in total. The normalized spacial score (nSPS) is 12.8. The van der Waals surface area contributed by atoms with Gasteiger partial charge in [-0.05, 0) is 24.1 Å². The minimum atomic E-state index is -1.44. The molecular formula is C12H16F3N. The number of hydrogen-bond donors (Lipinski definition) is 1. The van der Waals surface area contributed by atoms with Crippen LogP contribution in [0.1, 0.15) is 44.2 Å². The molecule has 0 unspecified atom stereocenters. The van der Waals surface area contributed by atoms with Crippen LogP contribution >= 0.6 is 0 Å². The summed E-state index contributed by atoms with van der Waals surface area (Å²) in [7, 11) is 0. The van der Waals surface area contributed by atoms with Gasteiger partial charge in [-0.2, -0.15) is 0 Å². The van der Waals surface area contributed by atoms with Gasteiger partial charge in [-0.1, -0.05) is 26.2 Å². The first-order valence-corrected chi connectivity index (χ1v) is 5.46. The summed E-state index contributed by atoms with van der Waals surface area (Å²) in [6, 6.07) is 1.50. The van der Waals surface area contributed by atoms with Gasteiger partial charge in [-0.15, -0.1) is 0 Å². The van der Waals surface area contributed by atoms with Crippen molar-refractivity contribution in [3.63, 3.8) is 0 Å². The Bertz CT molecular complexity index is 329. The van der Waals surface area contributed by atoms with E-state index in [-0.39, 0.29) is 0 Å². The summed E-state index contributed by atoms with van der Waals surface area (Å²) in [4.78, 5) is 0. The zero-order chi connectivity index (χ0) is 12.1. The molecule has 90 valence electrons. The molecule has 1 atom stereocenters. The molecule has 0 amide bonds. The van der Waals surface area contributed by atoms with Crippen LogP contribution in [0.25, 0.3) is 0 Å². The third-order valence-electron chi connectivity index (χ3n) is 2.55. The molecule has 0 spiro atoms. The number of rotatable bonds is 5.